The van der Waals surface area contributed by atoms with Crippen molar-refractivity contribution >= 4 is 23.7 Å². The van der Waals surface area contributed by atoms with Crippen LogP contribution >= 0.6 is 12.2 Å². The number of nitrogens with one attached hydrogen (secondary N) is 1. The van der Waals surface area contributed by atoms with Crippen LogP contribution < -0.4 is 4.90 Å². The smallest absolute Gasteiger partial charge is 0.354 e. The Morgan fingerprint density at radius 3 is 2.50 bits per heavy atom. The summed E-state index contributed by atoms with van der Waals surface area (Å²) in [6.45, 7) is 5.73. The lowest BCUT2D eigenvalue weighted by Gasteiger charge is -2.35. The minimum Gasteiger partial charge on any atom is -0.354 e. The van der Waals surface area contributed by atoms with Crippen LogP contribution in [0.2, 0.25) is 0 Å². The van der Waals surface area contributed by atoms with Crippen LogP contribution in [0.3, 0.4) is 0 Å². The summed E-state index contributed by atoms with van der Waals surface area (Å²) in [5, 5.41) is 6.66. The number of alkyl halides is 3. The Morgan fingerprint density at radius 2 is 1.86 bits per heavy atom. The first-order chi connectivity index (χ1) is 13.4. The molecule has 10 heteroatoms. The Hall–Kier alpha value is -2.46. The van der Waals surface area contributed by atoms with Gasteiger partial charge in [-0.15, -0.1) is 0 Å². The van der Waals surface area contributed by atoms with Gasteiger partial charge in [0.15, 0.2) is 10.4 Å². The molecular weight excluding hydrogens is 389 g/mol. The summed E-state index contributed by atoms with van der Waals surface area (Å²) in [6.07, 6.45) is -1.05. The minimum atomic E-state index is -4.34. The average Bonchev–Trinajstić information content (AvgIpc) is 3.09. The van der Waals surface area contributed by atoms with E-state index in [1.807, 2.05) is 28.8 Å². The molecule has 0 aromatic carbocycles. The number of H-pyrrole nitrogens is 1. The quantitative estimate of drug-likeness (QED) is 0.654. The van der Waals surface area contributed by atoms with Gasteiger partial charge in [0.05, 0.1) is 5.56 Å². The predicted octanol–water partition coefficient (Wildman–Crippen LogP) is 3.63. The molecule has 1 aliphatic rings. The lowest BCUT2D eigenvalue weighted by Crippen LogP contribution is -2.47. The molecule has 3 aromatic rings. The van der Waals surface area contributed by atoms with Crippen LogP contribution in [0.1, 0.15) is 12.5 Å². The van der Waals surface area contributed by atoms with Gasteiger partial charge in [-0.1, -0.05) is 13.0 Å². The molecule has 0 bridgehead atoms. The lowest BCUT2D eigenvalue weighted by atomic mass is 10.2. The highest BCUT2D eigenvalue weighted by Crippen LogP contribution is 2.35. The van der Waals surface area contributed by atoms with E-state index in [2.05, 4.69) is 27.0 Å². The summed E-state index contributed by atoms with van der Waals surface area (Å²) in [6, 6.07) is 8.15. The SMILES string of the molecule is CCN1CCN(c2ncccc2C(F)(F)F)CC1.S=c1[nH]nc2ccccn12. The van der Waals surface area contributed by atoms with Crippen molar-refractivity contribution in [2.75, 3.05) is 37.6 Å². The van der Waals surface area contributed by atoms with Gasteiger partial charge in [-0.25, -0.2) is 4.98 Å². The summed E-state index contributed by atoms with van der Waals surface area (Å²) in [4.78, 5) is 7.84. The monoisotopic (exact) mass is 410 g/mol. The van der Waals surface area contributed by atoms with E-state index in [-0.39, 0.29) is 5.82 Å². The molecule has 1 saturated heterocycles. The molecule has 28 heavy (non-hydrogen) atoms. The fourth-order valence-electron chi connectivity index (χ4n) is 3.00. The lowest BCUT2D eigenvalue weighted by molar-refractivity contribution is -0.137. The number of halogens is 3. The molecule has 1 fully saturated rings. The van der Waals surface area contributed by atoms with Gasteiger partial charge in [0.2, 0.25) is 0 Å². The van der Waals surface area contributed by atoms with Gasteiger partial charge in [0.25, 0.3) is 0 Å². The van der Waals surface area contributed by atoms with E-state index in [0.29, 0.717) is 17.9 Å². The number of nitrogens with zero attached hydrogens (tertiary/aromatic N) is 5. The molecule has 6 nitrogen and oxygen atoms in total. The number of hydrogen-bond donors (Lipinski definition) is 1. The van der Waals surface area contributed by atoms with Crippen molar-refractivity contribution in [3.63, 3.8) is 0 Å². The number of fused-ring (bicyclic) bond motifs is 1. The van der Waals surface area contributed by atoms with Gasteiger partial charge in [-0.3, -0.25) is 9.50 Å². The summed E-state index contributed by atoms with van der Waals surface area (Å²) in [5.74, 6) is 0.0563. The molecule has 0 radical (unpaired) electrons. The highest BCUT2D eigenvalue weighted by atomic mass is 32.1. The molecule has 0 aliphatic carbocycles. The summed E-state index contributed by atoms with van der Waals surface area (Å²) >= 11 is 4.93. The standard InChI is InChI=1S/C12H16F3N3.C6H5N3S/c1-2-17-6-8-18(9-7-17)11-10(12(13,14)15)4-3-5-16-11;10-6-8-7-5-3-1-2-4-9(5)6/h3-5H,2,6-9H2,1H3;1-4H,(H,8,10). The van der Waals surface area contributed by atoms with Crippen molar-refractivity contribution in [3.8, 4) is 0 Å². The van der Waals surface area contributed by atoms with E-state index in [4.69, 9.17) is 12.2 Å². The van der Waals surface area contributed by atoms with E-state index in [9.17, 15) is 13.2 Å². The van der Waals surface area contributed by atoms with E-state index >= 15 is 0 Å². The largest absolute Gasteiger partial charge is 0.419 e. The van der Waals surface area contributed by atoms with E-state index in [1.165, 1.54) is 12.3 Å². The number of aromatic nitrogens is 4. The number of anilines is 1. The molecule has 4 rings (SSSR count). The normalized spacial score (nSPS) is 15.4. The molecule has 3 aromatic heterocycles. The Balaban J connectivity index is 0.000000188. The third kappa shape index (κ3) is 4.68. The van der Waals surface area contributed by atoms with E-state index in [0.717, 1.165) is 31.3 Å². The number of piperazine rings is 1. The van der Waals surface area contributed by atoms with Crippen molar-refractivity contribution in [2.45, 2.75) is 13.1 Å². The number of likely N-dealkylation sites (N-methyl/N-ethyl adjacent to an activating group) is 1. The van der Waals surface area contributed by atoms with Crippen LogP contribution in [0.4, 0.5) is 19.0 Å². The van der Waals surface area contributed by atoms with Gasteiger partial charge >= 0.3 is 6.18 Å². The molecule has 0 atom stereocenters. The number of aromatic amines is 1. The summed E-state index contributed by atoms with van der Waals surface area (Å²) in [5.41, 5.74) is 0.211. The first kappa shape index (κ1) is 20.3. The molecular formula is C18H21F3N6S. The van der Waals surface area contributed by atoms with Gasteiger partial charge in [-0.05, 0) is 43.0 Å². The van der Waals surface area contributed by atoms with E-state index in [1.54, 1.807) is 4.90 Å². The average molecular weight is 410 g/mol. The highest BCUT2D eigenvalue weighted by Gasteiger charge is 2.36. The minimum absolute atomic E-state index is 0.0563. The molecule has 1 aliphatic heterocycles. The first-order valence-electron chi connectivity index (χ1n) is 8.91. The van der Waals surface area contributed by atoms with Crippen LogP contribution in [0.25, 0.3) is 5.65 Å². The number of hydrogen-bond acceptors (Lipinski definition) is 5. The third-order valence-corrected chi connectivity index (χ3v) is 4.82. The fourth-order valence-corrected chi connectivity index (χ4v) is 3.20. The second kappa shape index (κ2) is 8.70. The van der Waals surface area contributed by atoms with Crippen LogP contribution in [0, 0.1) is 4.77 Å². The molecule has 0 saturated carbocycles. The zero-order chi connectivity index (χ0) is 20.1. The summed E-state index contributed by atoms with van der Waals surface area (Å²) in [7, 11) is 0. The van der Waals surface area contributed by atoms with Crippen LogP contribution in [0.15, 0.2) is 42.7 Å². The Bertz CT molecular complexity index is 959. The van der Waals surface area contributed by atoms with Gasteiger partial charge < -0.3 is 9.80 Å². The fraction of sp³-hybridized carbons (Fsp3) is 0.389. The second-order valence-electron chi connectivity index (χ2n) is 6.25. The predicted molar refractivity (Wildman–Crippen MR) is 104 cm³/mol. The molecule has 1 N–H and O–H groups in total. The van der Waals surface area contributed by atoms with Crippen molar-refractivity contribution in [2.24, 2.45) is 0 Å². The molecule has 150 valence electrons. The summed E-state index contributed by atoms with van der Waals surface area (Å²) < 4.78 is 41.1. The van der Waals surface area contributed by atoms with Crippen LogP contribution in [0.5, 0.6) is 0 Å². The molecule has 0 unspecified atom stereocenters. The second-order valence-corrected chi connectivity index (χ2v) is 6.64. The Morgan fingerprint density at radius 1 is 1.11 bits per heavy atom. The maximum absolute atomic E-state index is 12.9. The van der Waals surface area contributed by atoms with Gasteiger partial charge in [0, 0.05) is 38.6 Å². The molecule has 0 amide bonds. The Kier molecular flexibility index (Phi) is 6.30. The maximum atomic E-state index is 12.9. The molecule has 4 heterocycles. The topological polar surface area (TPSA) is 52.5 Å². The van der Waals surface area contributed by atoms with Crippen molar-refractivity contribution < 1.29 is 13.2 Å². The van der Waals surface area contributed by atoms with E-state index < -0.39 is 11.7 Å². The highest BCUT2D eigenvalue weighted by molar-refractivity contribution is 7.71. The number of rotatable bonds is 2. The maximum Gasteiger partial charge on any atom is 0.419 e. The Labute approximate surface area is 165 Å². The van der Waals surface area contributed by atoms with Crippen molar-refractivity contribution in [3.05, 3.63) is 53.1 Å². The first-order valence-corrected chi connectivity index (χ1v) is 9.32. The zero-order valence-electron chi connectivity index (χ0n) is 15.4. The van der Waals surface area contributed by atoms with Crippen LogP contribution in [-0.2, 0) is 6.18 Å². The third-order valence-electron chi connectivity index (χ3n) is 4.53. The molecule has 0 spiro atoms. The van der Waals surface area contributed by atoms with Gasteiger partial charge in [0.1, 0.15) is 5.82 Å². The van der Waals surface area contributed by atoms with Crippen LogP contribution in [-0.4, -0.2) is 57.2 Å². The zero-order valence-corrected chi connectivity index (χ0v) is 16.2. The number of pyridine rings is 2. The van der Waals surface area contributed by atoms with Crippen molar-refractivity contribution in [1.82, 2.24) is 24.5 Å². The van der Waals surface area contributed by atoms with Gasteiger partial charge in [-0.2, -0.15) is 18.3 Å². The van der Waals surface area contributed by atoms with Crippen molar-refractivity contribution in [1.29, 1.82) is 0 Å².